The van der Waals surface area contributed by atoms with E-state index in [1.54, 1.807) is 0 Å². The second kappa shape index (κ2) is 7.11. The van der Waals surface area contributed by atoms with E-state index < -0.39 is 11.7 Å². The lowest BCUT2D eigenvalue weighted by atomic mass is 10.1. The normalized spacial score (nSPS) is 15.1. The summed E-state index contributed by atoms with van der Waals surface area (Å²) in [6.07, 6.45) is 3.93. The Morgan fingerprint density at radius 3 is 2.71 bits per heavy atom. The number of anilines is 1. The summed E-state index contributed by atoms with van der Waals surface area (Å²) >= 11 is 0. The largest absolute Gasteiger partial charge is 0.417 e. The van der Waals surface area contributed by atoms with Gasteiger partial charge in [-0.3, -0.25) is 0 Å². The van der Waals surface area contributed by atoms with Gasteiger partial charge in [-0.05, 0) is 24.8 Å². The van der Waals surface area contributed by atoms with Crippen molar-refractivity contribution in [2.75, 3.05) is 11.9 Å². The number of rotatable bonds is 4. The van der Waals surface area contributed by atoms with Crippen LogP contribution in [0.5, 0.6) is 0 Å². The van der Waals surface area contributed by atoms with E-state index in [9.17, 15) is 18.4 Å². The molecule has 9 heteroatoms. The van der Waals surface area contributed by atoms with E-state index >= 15 is 0 Å². The summed E-state index contributed by atoms with van der Waals surface area (Å²) in [7, 11) is 0. The van der Waals surface area contributed by atoms with E-state index in [1.165, 1.54) is 25.2 Å². The van der Waals surface area contributed by atoms with Crippen LogP contribution in [0.25, 0.3) is 22.3 Å². The maximum Gasteiger partial charge on any atom is 0.417 e. The Hall–Kier alpha value is -3.15. The van der Waals surface area contributed by atoms with Crippen molar-refractivity contribution < 1.29 is 13.2 Å². The maximum absolute atomic E-state index is 13.1. The number of aromatic nitrogens is 4. The van der Waals surface area contributed by atoms with Gasteiger partial charge in [0.05, 0.1) is 23.0 Å². The predicted octanol–water partition coefficient (Wildman–Crippen LogP) is 4.51. The van der Waals surface area contributed by atoms with E-state index in [0.717, 1.165) is 31.6 Å². The lowest BCUT2D eigenvalue weighted by Gasteiger charge is -2.11. The number of alkyl halides is 3. The van der Waals surface area contributed by atoms with Crippen molar-refractivity contribution >= 4 is 17.0 Å². The van der Waals surface area contributed by atoms with Gasteiger partial charge in [-0.15, -0.1) is 0 Å². The third-order valence-corrected chi connectivity index (χ3v) is 5.05. The lowest BCUT2D eigenvalue weighted by molar-refractivity contribution is -0.137. The van der Waals surface area contributed by atoms with Gasteiger partial charge in [0.1, 0.15) is 11.7 Å². The molecule has 2 N–H and O–H groups in total. The zero-order chi connectivity index (χ0) is 19.7. The second-order valence-electron chi connectivity index (χ2n) is 6.92. The average Bonchev–Trinajstić information content (AvgIpc) is 3.34. The molecule has 1 aliphatic carbocycles. The summed E-state index contributed by atoms with van der Waals surface area (Å²) in [6.45, 7) is 0.735. The van der Waals surface area contributed by atoms with Crippen LogP contribution in [0, 0.1) is 17.2 Å². The summed E-state index contributed by atoms with van der Waals surface area (Å²) in [5.74, 6) is 0.921. The summed E-state index contributed by atoms with van der Waals surface area (Å²) in [4.78, 5) is 15.3. The molecule has 1 aliphatic rings. The van der Waals surface area contributed by atoms with E-state index in [0.29, 0.717) is 23.1 Å². The highest BCUT2D eigenvalue weighted by atomic mass is 19.4. The standard InChI is InChI=1S/C19H17F3N6/c20-19(21,22)13-5-14-15(10-25-17(14)24-9-13)16-12(6-23)8-27-18(28-16)26-7-11-3-1-2-4-11/h5,8-11H,1-4,7H2,(H,24,25)(H,26,27,28). The first-order chi connectivity index (χ1) is 13.5. The fourth-order valence-corrected chi connectivity index (χ4v) is 3.56. The molecule has 0 radical (unpaired) electrons. The third kappa shape index (κ3) is 3.50. The minimum absolute atomic E-state index is 0.185. The van der Waals surface area contributed by atoms with Gasteiger partial charge in [0.25, 0.3) is 0 Å². The molecule has 3 aromatic rings. The number of aromatic amines is 1. The van der Waals surface area contributed by atoms with Crippen LogP contribution >= 0.6 is 0 Å². The number of fused-ring (bicyclic) bond motifs is 1. The quantitative estimate of drug-likeness (QED) is 0.688. The van der Waals surface area contributed by atoms with Crippen LogP contribution in [-0.4, -0.2) is 26.5 Å². The van der Waals surface area contributed by atoms with Gasteiger partial charge in [0.15, 0.2) is 0 Å². The fourth-order valence-electron chi connectivity index (χ4n) is 3.56. The molecule has 0 bridgehead atoms. The molecule has 3 aromatic heterocycles. The molecule has 0 amide bonds. The number of pyridine rings is 1. The summed E-state index contributed by atoms with van der Waals surface area (Å²) in [5.41, 5.74) is 0.291. The van der Waals surface area contributed by atoms with Crippen molar-refractivity contribution in [1.29, 1.82) is 5.26 Å². The molecule has 0 aromatic carbocycles. The van der Waals surface area contributed by atoms with Gasteiger partial charge in [0.2, 0.25) is 5.95 Å². The van der Waals surface area contributed by atoms with Crippen molar-refractivity contribution in [3.63, 3.8) is 0 Å². The van der Waals surface area contributed by atoms with E-state index in [4.69, 9.17) is 0 Å². The zero-order valence-electron chi connectivity index (χ0n) is 14.8. The van der Waals surface area contributed by atoms with Crippen molar-refractivity contribution in [2.45, 2.75) is 31.9 Å². The Morgan fingerprint density at radius 2 is 2.00 bits per heavy atom. The molecule has 0 atom stereocenters. The summed E-state index contributed by atoms with van der Waals surface area (Å²) in [5, 5.41) is 12.9. The number of hydrogen-bond donors (Lipinski definition) is 2. The van der Waals surface area contributed by atoms with Gasteiger partial charge >= 0.3 is 6.18 Å². The van der Waals surface area contributed by atoms with Crippen LogP contribution in [0.15, 0.2) is 24.7 Å². The highest BCUT2D eigenvalue weighted by Gasteiger charge is 2.31. The van der Waals surface area contributed by atoms with Gasteiger partial charge < -0.3 is 10.3 Å². The number of nitrogens with one attached hydrogen (secondary N) is 2. The van der Waals surface area contributed by atoms with Crippen LogP contribution in [0.3, 0.4) is 0 Å². The highest BCUT2D eigenvalue weighted by molar-refractivity contribution is 5.94. The zero-order valence-corrected chi connectivity index (χ0v) is 14.8. The van der Waals surface area contributed by atoms with Crippen LogP contribution in [0.1, 0.15) is 36.8 Å². The molecule has 3 heterocycles. The molecule has 1 saturated carbocycles. The Balaban J connectivity index is 1.72. The van der Waals surface area contributed by atoms with Gasteiger partial charge in [-0.1, -0.05) is 12.8 Å². The smallest absolute Gasteiger partial charge is 0.354 e. The number of halogens is 3. The summed E-state index contributed by atoms with van der Waals surface area (Å²) < 4.78 is 39.2. The number of H-pyrrole nitrogens is 1. The van der Waals surface area contributed by atoms with Crippen molar-refractivity contribution in [3.05, 3.63) is 35.8 Å². The maximum atomic E-state index is 13.1. The van der Waals surface area contributed by atoms with Crippen LogP contribution in [0.4, 0.5) is 19.1 Å². The molecule has 0 aliphatic heterocycles. The molecule has 0 unspecified atom stereocenters. The number of nitrogens with zero attached hydrogens (tertiary/aromatic N) is 4. The Bertz CT molecular complexity index is 1040. The van der Waals surface area contributed by atoms with Crippen molar-refractivity contribution in [1.82, 2.24) is 19.9 Å². The average molecular weight is 386 g/mol. The fraction of sp³-hybridized carbons (Fsp3) is 0.368. The number of nitriles is 1. The predicted molar refractivity (Wildman–Crippen MR) is 97.3 cm³/mol. The second-order valence-corrected chi connectivity index (χ2v) is 6.92. The van der Waals surface area contributed by atoms with Crippen LogP contribution in [0.2, 0.25) is 0 Å². The van der Waals surface area contributed by atoms with Crippen LogP contribution in [-0.2, 0) is 6.18 Å². The van der Waals surface area contributed by atoms with Gasteiger partial charge in [-0.25, -0.2) is 15.0 Å². The van der Waals surface area contributed by atoms with E-state index in [2.05, 4.69) is 25.3 Å². The first-order valence-electron chi connectivity index (χ1n) is 9.01. The molecule has 4 rings (SSSR count). The Morgan fingerprint density at radius 1 is 1.21 bits per heavy atom. The Labute approximate surface area is 158 Å². The molecule has 1 fully saturated rings. The third-order valence-electron chi connectivity index (χ3n) is 5.05. The monoisotopic (exact) mass is 386 g/mol. The number of hydrogen-bond acceptors (Lipinski definition) is 5. The van der Waals surface area contributed by atoms with Crippen LogP contribution < -0.4 is 5.32 Å². The molecular formula is C19H17F3N6. The first kappa shape index (κ1) is 18.2. The Kier molecular flexibility index (Phi) is 4.63. The summed E-state index contributed by atoms with van der Waals surface area (Å²) in [6, 6.07) is 3.03. The SMILES string of the molecule is N#Cc1cnc(NCC2CCCC2)nc1-c1c[nH]c2ncc(C(F)(F)F)cc12. The highest BCUT2D eigenvalue weighted by Crippen LogP contribution is 2.34. The lowest BCUT2D eigenvalue weighted by Crippen LogP contribution is -2.13. The minimum Gasteiger partial charge on any atom is -0.354 e. The van der Waals surface area contributed by atoms with Crippen molar-refractivity contribution in [2.24, 2.45) is 5.92 Å². The molecule has 28 heavy (non-hydrogen) atoms. The van der Waals surface area contributed by atoms with E-state index in [-0.39, 0.29) is 16.6 Å². The molecule has 0 saturated heterocycles. The molecule has 144 valence electrons. The molecule has 0 spiro atoms. The topological polar surface area (TPSA) is 90.3 Å². The van der Waals surface area contributed by atoms with E-state index in [1.807, 2.05) is 6.07 Å². The molecule has 6 nitrogen and oxygen atoms in total. The van der Waals surface area contributed by atoms with Gasteiger partial charge in [0, 0.05) is 29.9 Å². The molecular weight excluding hydrogens is 369 g/mol. The first-order valence-corrected chi connectivity index (χ1v) is 9.01. The minimum atomic E-state index is -4.51. The van der Waals surface area contributed by atoms with Crippen molar-refractivity contribution in [3.8, 4) is 17.3 Å². The van der Waals surface area contributed by atoms with Gasteiger partial charge in [-0.2, -0.15) is 18.4 Å².